The zero-order valence-corrected chi connectivity index (χ0v) is 26.6. The van der Waals surface area contributed by atoms with Gasteiger partial charge in [0.15, 0.2) is 0 Å². The number of aryl methyl sites for hydroxylation is 1. The van der Waals surface area contributed by atoms with Crippen LogP contribution in [0.1, 0.15) is 63.9 Å². The van der Waals surface area contributed by atoms with Gasteiger partial charge in [0.05, 0.1) is 35.1 Å². The first-order chi connectivity index (χ1) is 23.3. The van der Waals surface area contributed by atoms with Crippen LogP contribution in [0.3, 0.4) is 0 Å². The SMILES string of the molecule is CCC(C1=NOCC1)c1cc(C(F)(F)F)ccc1-c1cc(-c2ccc(C(=O)O)cc2C)cnc1OC.FC(F)(F)c1cccc(C(F)(F)F)c1. The standard InChI is InChI=1S/C27H25F3N2O4.C8H4F6/c1-4-19(24-9-10-36-32-24)22-13-18(27(28,29)30)6-8-21(22)23-12-17(14-31-25(23)35-3)20-7-5-16(26(33)34)11-15(20)2;9-7(10,11)5-2-1-3-6(4-5)8(12,13)14/h5-8,11-14,19H,4,9-10H2,1-3H3,(H,33,34);1-4H. The van der Waals surface area contributed by atoms with Crippen molar-refractivity contribution in [1.29, 1.82) is 0 Å². The van der Waals surface area contributed by atoms with E-state index < -0.39 is 41.2 Å². The summed E-state index contributed by atoms with van der Waals surface area (Å²) in [5, 5.41) is 13.4. The number of ether oxygens (including phenoxy) is 1. The van der Waals surface area contributed by atoms with Crippen LogP contribution in [0.5, 0.6) is 5.88 Å². The highest BCUT2D eigenvalue weighted by Crippen LogP contribution is 2.42. The van der Waals surface area contributed by atoms with Gasteiger partial charge in [0, 0.05) is 29.7 Å². The number of carbonyl (C=O) groups is 1. The molecule has 15 heteroatoms. The van der Waals surface area contributed by atoms with Crippen LogP contribution in [0.25, 0.3) is 22.3 Å². The van der Waals surface area contributed by atoms with Crippen molar-refractivity contribution < 1.29 is 59.0 Å². The Kier molecular flexibility index (Phi) is 11.2. The van der Waals surface area contributed by atoms with Gasteiger partial charge >= 0.3 is 24.5 Å². The number of methoxy groups -OCH3 is 1. The fourth-order valence-corrected chi connectivity index (χ4v) is 5.42. The molecular formula is C35H29F9N2O4. The summed E-state index contributed by atoms with van der Waals surface area (Å²) >= 11 is 0. The summed E-state index contributed by atoms with van der Waals surface area (Å²) in [6, 6.07) is 12.2. The van der Waals surface area contributed by atoms with Crippen molar-refractivity contribution in [2.75, 3.05) is 13.7 Å². The molecule has 1 atom stereocenters. The Balaban J connectivity index is 0.000000337. The van der Waals surface area contributed by atoms with Crippen molar-refractivity contribution in [3.8, 4) is 28.1 Å². The quantitative estimate of drug-likeness (QED) is 0.193. The predicted octanol–water partition coefficient (Wildman–Crippen LogP) is 10.4. The summed E-state index contributed by atoms with van der Waals surface area (Å²) in [4.78, 5) is 20.9. The molecule has 2 heterocycles. The molecule has 1 aliphatic rings. The molecule has 0 aliphatic carbocycles. The van der Waals surface area contributed by atoms with Crippen molar-refractivity contribution in [1.82, 2.24) is 4.98 Å². The molecule has 0 bridgehead atoms. The van der Waals surface area contributed by atoms with Gasteiger partial charge in [-0.3, -0.25) is 0 Å². The lowest BCUT2D eigenvalue weighted by atomic mass is 9.83. The Hall–Kier alpha value is -5.08. The number of carboxylic acid groups (broad SMARTS) is 1. The second kappa shape index (κ2) is 14.8. The number of oxime groups is 1. The first kappa shape index (κ1) is 37.7. The van der Waals surface area contributed by atoms with Gasteiger partial charge in [-0.15, -0.1) is 0 Å². The third-order valence-corrected chi connectivity index (χ3v) is 7.83. The molecule has 0 radical (unpaired) electrons. The molecule has 0 amide bonds. The van der Waals surface area contributed by atoms with Crippen LogP contribution in [-0.4, -0.2) is 35.5 Å². The normalized spacial score (nSPS) is 13.9. The summed E-state index contributed by atoms with van der Waals surface area (Å²) in [7, 11) is 1.45. The number of aromatic nitrogens is 1. The molecule has 1 aromatic heterocycles. The topological polar surface area (TPSA) is 81.0 Å². The number of nitrogens with zero attached hydrogens (tertiary/aromatic N) is 2. The van der Waals surface area contributed by atoms with Crippen molar-refractivity contribution in [2.45, 2.75) is 51.1 Å². The third-order valence-electron chi connectivity index (χ3n) is 7.83. The molecule has 1 aliphatic heterocycles. The molecule has 0 fully saturated rings. The fourth-order valence-electron chi connectivity index (χ4n) is 5.42. The van der Waals surface area contributed by atoms with E-state index in [-0.39, 0.29) is 23.4 Å². The van der Waals surface area contributed by atoms with Crippen molar-refractivity contribution in [2.24, 2.45) is 5.16 Å². The molecule has 0 saturated heterocycles. The molecule has 266 valence electrons. The minimum Gasteiger partial charge on any atom is -0.481 e. The van der Waals surface area contributed by atoms with Gasteiger partial charge in [-0.05, 0) is 84.1 Å². The van der Waals surface area contributed by atoms with Gasteiger partial charge < -0.3 is 14.7 Å². The number of halogens is 9. The number of carboxylic acids is 1. The molecular weight excluding hydrogens is 683 g/mol. The maximum atomic E-state index is 13.7. The van der Waals surface area contributed by atoms with Crippen LogP contribution in [0, 0.1) is 6.92 Å². The van der Waals surface area contributed by atoms with E-state index in [1.54, 1.807) is 31.3 Å². The Morgan fingerprint density at radius 2 is 1.44 bits per heavy atom. The smallest absolute Gasteiger partial charge is 0.416 e. The number of aromatic carboxylic acids is 1. The van der Waals surface area contributed by atoms with Gasteiger partial charge in [-0.1, -0.05) is 30.3 Å². The van der Waals surface area contributed by atoms with E-state index in [1.165, 1.54) is 25.3 Å². The van der Waals surface area contributed by atoms with Gasteiger partial charge in [-0.2, -0.15) is 39.5 Å². The lowest BCUT2D eigenvalue weighted by Gasteiger charge is -2.22. The number of alkyl halides is 9. The van der Waals surface area contributed by atoms with Crippen LogP contribution < -0.4 is 4.74 Å². The van der Waals surface area contributed by atoms with Crippen molar-refractivity contribution in [3.05, 3.63) is 106 Å². The lowest BCUT2D eigenvalue weighted by Crippen LogP contribution is -2.14. The summed E-state index contributed by atoms with van der Waals surface area (Å²) in [6.07, 6.45) is -11.3. The minimum atomic E-state index is -4.75. The summed E-state index contributed by atoms with van der Waals surface area (Å²) in [5.41, 5.74) is 1.22. The van der Waals surface area contributed by atoms with Crippen molar-refractivity contribution >= 4 is 11.7 Å². The predicted molar refractivity (Wildman–Crippen MR) is 166 cm³/mol. The molecule has 6 nitrogen and oxygen atoms in total. The highest BCUT2D eigenvalue weighted by Gasteiger charge is 2.36. The average Bonchev–Trinajstić information content (AvgIpc) is 3.59. The molecule has 50 heavy (non-hydrogen) atoms. The molecule has 1 unspecified atom stereocenters. The number of pyridine rings is 1. The average molecular weight is 713 g/mol. The number of hydrogen-bond donors (Lipinski definition) is 1. The Morgan fingerprint density at radius 1 is 0.840 bits per heavy atom. The molecule has 4 aromatic rings. The van der Waals surface area contributed by atoms with Crippen LogP contribution >= 0.6 is 0 Å². The van der Waals surface area contributed by atoms with E-state index in [0.717, 1.165) is 23.3 Å². The van der Waals surface area contributed by atoms with E-state index >= 15 is 0 Å². The number of benzene rings is 3. The highest BCUT2D eigenvalue weighted by atomic mass is 19.4. The Labute approximate surface area is 280 Å². The Bertz CT molecular complexity index is 1850. The summed E-state index contributed by atoms with van der Waals surface area (Å²) in [5.74, 6) is -1.15. The highest BCUT2D eigenvalue weighted by molar-refractivity contribution is 5.94. The largest absolute Gasteiger partial charge is 0.481 e. The molecule has 3 aromatic carbocycles. The number of rotatable bonds is 7. The lowest BCUT2D eigenvalue weighted by molar-refractivity contribution is -0.143. The summed E-state index contributed by atoms with van der Waals surface area (Å²) < 4.78 is 118. The van der Waals surface area contributed by atoms with E-state index in [0.29, 0.717) is 59.5 Å². The molecule has 1 N–H and O–H groups in total. The van der Waals surface area contributed by atoms with Crippen molar-refractivity contribution in [3.63, 3.8) is 0 Å². The Morgan fingerprint density at radius 3 is 1.94 bits per heavy atom. The summed E-state index contributed by atoms with van der Waals surface area (Å²) in [6.45, 7) is 4.08. The molecule has 0 spiro atoms. The maximum Gasteiger partial charge on any atom is 0.416 e. The maximum absolute atomic E-state index is 13.7. The van der Waals surface area contributed by atoms with Crippen LogP contribution in [0.4, 0.5) is 39.5 Å². The third kappa shape index (κ3) is 8.74. The van der Waals surface area contributed by atoms with Crippen LogP contribution in [0.2, 0.25) is 0 Å². The first-order valence-electron chi connectivity index (χ1n) is 14.9. The van der Waals surface area contributed by atoms with Gasteiger partial charge in [0.25, 0.3) is 0 Å². The van der Waals surface area contributed by atoms with Gasteiger partial charge in [0.1, 0.15) is 6.61 Å². The van der Waals surface area contributed by atoms with E-state index in [2.05, 4.69) is 10.1 Å². The first-order valence-corrected chi connectivity index (χ1v) is 14.9. The van der Waals surface area contributed by atoms with E-state index in [1.807, 2.05) is 6.92 Å². The minimum absolute atomic E-state index is 0.0833. The monoisotopic (exact) mass is 712 g/mol. The van der Waals surface area contributed by atoms with Gasteiger partial charge in [-0.25, -0.2) is 9.78 Å². The second-order valence-electron chi connectivity index (χ2n) is 11.1. The molecule has 5 rings (SSSR count). The van der Waals surface area contributed by atoms with Gasteiger partial charge in [0.2, 0.25) is 5.88 Å². The zero-order chi connectivity index (χ0) is 37.0. The fraction of sp³-hybridized carbons (Fsp3) is 0.286. The number of hydrogen-bond acceptors (Lipinski definition) is 5. The second-order valence-corrected chi connectivity index (χ2v) is 11.1. The molecule has 0 saturated carbocycles. The zero-order valence-electron chi connectivity index (χ0n) is 26.6. The van der Waals surface area contributed by atoms with E-state index in [4.69, 9.17) is 9.57 Å². The van der Waals surface area contributed by atoms with Crippen LogP contribution in [-0.2, 0) is 23.4 Å². The van der Waals surface area contributed by atoms with E-state index in [9.17, 15) is 49.4 Å². The van der Waals surface area contributed by atoms with Crippen LogP contribution in [0.15, 0.2) is 78.1 Å².